The van der Waals surface area contributed by atoms with Gasteiger partial charge in [0.25, 0.3) is 11.7 Å². The third kappa shape index (κ3) is 2.80. The highest BCUT2D eigenvalue weighted by molar-refractivity contribution is 7.16. The van der Waals surface area contributed by atoms with E-state index < -0.39 is 0 Å². The molecular weight excluding hydrogens is 310 g/mol. The van der Waals surface area contributed by atoms with Crippen LogP contribution in [0.3, 0.4) is 0 Å². The van der Waals surface area contributed by atoms with Crippen LogP contribution < -0.4 is 0 Å². The van der Waals surface area contributed by atoms with E-state index in [2.05, 4.69) is 22.3 Å². The number of amides is 1. The molecule has 21 heavy (non-hydrogen) atoms. The average Bonchev–Trinajstić information content (AvgIpc) is 3.11. The van der Waals surface area contributed by atoms with Crippen molar-refractivity contribution in [2.24, 2.45) is 7.05 Å². The number of thiophene rings is 1. The Hall–Kier alpha value is -1.47. The molecule has 2 aromatic rings. The van der Waals surface area contributed by atoms with Gasteiger partial charge in [0.15, 0.2) is 0 Å². The third-order valence-electron chi connectivity index (χ3n) is 3.88. The molecule has 1 atom stereocenters. The molecule has 0 spiro atoms. The van der Waals surface area contributed by atoms with Crippen molar-refractivity contribution in [1.29, 1.82) is 0 Å². The van der Waals surface area contributed by atoms with E-state index in [0.29, 0.717) is 0 Å². The normalized spacial score (nSPS) is 22.0. The van der Waals surface area contributed by atoms with Gasteiger partial charge in [0.05, 0.1) is 11.4 Å². The smallest absolute Gasteiger partial charge is 0.295 e. The predicted octanol–water partition coefficient (Wildman–Crippen LogP) is 2.16. The summed E-state index contributed by atoms with van der Waals surface area (Å²) in [6.45, 7) is 2.84. The Bertz CT molecular complexity index is 669. The van der Waals surface area contributed by atoms with Gasteiger partial charge in [-0.25, -0.2) is 0 Å². The van der Waals surface area contributed by atoms with E-state index in [9.17, 15) is 4.79 Å². The Balaban J connectivity index is 1.82. The summed E-state index contributed by atoms with van der Waals surface area (Å²) >= 11 is 7.56. The molecule has 3 rings (SSSR count). The van der Waals surface area contributed by atoms with Gasteiger partial charge < -0.3 is 4.90 Å². The Labute approximate surface area is 131 Å². The van der Waals surface area contributed by atoms with Gasteiger partial charge in [-0.1, -0.05) is 11.6 Å². The number of tetrazole rings is 1. The Kier molecular flexibility index (Phi) is 3.71. The van der Waals surface area contributed by atoms with E-state index in [1.807, 2.05) is 17.0 Å². The second kappa shape index (κ2) is 5.38. The average molecular weight is 326 g/mol. The molecule has 1 saturated heterocycles. The molecule has 3 heterocycles. The monoisotopic (exact) mass is 325 g/mol. The van der Waals surface area contributed by atoms with Crippen molar-refractivity contribution in [3.8, 4) is 0 Å². The zero-order chi connectivity index (χ0) is 15.0. The van der Waals surface area contributed by atoms with E-state index in [-0.39, 0.29) is 17.3 Å². The molecule has 1 amide bonds. The molecule has 6 nitrogen and oxygen atoms in total. The van der Waals surface area contributed by atoms with Gasteiger partial charge in [-0.2, -0.15) is 4.80 Å². The van der Waals surface area contributed by atoms with Gasteiger partial charge >= 0.3 is 0 Å². The van der Waals surface area contributed by atoms with Gasteiger partial charge in [-0.15, -0.1) is 21.5 Å². The van der Waals surface area contributed by atoms with Crippen molar-refractivity contribution in [3.63, 3.8) is 0 Å². The number of nitrogens with zero attached hydrogens (tertiary/aromatic N) is 5. The van der Waals surface area contributed by atoms with Crippen LogP contribution in [-0.4, -0.2) is 43.1 Å². The topological polar surface area (TPSA) is 63.9 Å². The number of halogens is 1. The van der Waals surface area contributed by atoms with Gasteiger partial charge in [0.2, 0.25) is 0 Å². The molecule has 112 valence electrons. The lowest BCUT2D eigenvalue weighted by molar-refractivity contribution is 0.0612. The minimum Gasteiger partial charge on any atom is -0.330 e. The van der Waals surface area contributed by atoms with Crippen LogP contribution in [0.4, 0.5) is 0 Å². The number of likely N-dealkylation sites (tertiary alicyclic amines) is 1. The number of carbonyl (C=O) groups excluding carboxylic acids is 1. The number of aryl methyl sites for hydroxylation is 1. The van der Waals surface area contributed by atoms with E-state index in [4.69, 9.17) is 11.6 Å². The fourth-order valence-corrected chi connectivity index (χ4v) is 4.13. The molecule has 0 radical (unpaired) electrons. The van der Waals surface area contributed by atoms with Gasteiger partial charge in [0.1, 0.15) is 0 Å². The SMILES string of the molecule is Cn1nnc(C(=O)N2CCCC2(C)Cc2ccc(Cl)s2)n1. The molecule has 0 aromatic carbocycles. The quantitative estimate of drug-likeness (QED) is 0.867. The minimum absolute atomic E-state index is 0.147. The Morgan fingerprint density at radius 2 is 2.33 bits per heavy atom. The first-order valence-corrected chi connectivity index (χ1v) is 7.98. The number of rotatable bonds is 3. The van der Waals surface area contributed by atoms with Crippen LogP contribution in [-0.2, 0) is 13.5 Å². The number of hydrogen-bond acceptors (Lipinski definition) is 5. The number of hydrogen-bond donors (Lipinski definition) is 0. The predicted molar refractivity (Wildman–Crippen MR) is 80.5 cm³/mol. The molecule has 8 heteroatoms. The van der Waals surface area contributed by atoms with Crippen LogP contribution in [0.15, 0.2) is 12.1 Å². The van der Waals surface area contributed by atoms with Crippen molar-refractivity contribution in [1.82, 2.24) is 25.1 Å². The van der Waals surface area contributed by atoms with Crippen LogP contribution in [0.25, 0.3) is 0 Å². The van der Waals surface area contributed by atoms with Crippen LogP contribution >= 0.6 is 22.9 Å². The summed E-state index contributed by atoms with van der Waals surface area (Å²) in [5.74, 6) is 0.0144. The highest BCUT2D eigenvalue weighted by atomic mass is 35.5. The van der Waals surface area contributed by atoms with E-state index in [1.54, 1.807) is 18.4 Å². The second-order valence-corrected chi connectivity index (χ2v) is 7.34. The van der Waals surface area contributed by atoms with E-state index in [0.717, 1.165) is 30.1 Å². The third-order valence-corrected chi connectivity index (χ3v) is 5.11. The highest BCUT2D eigenvalue weighted by Gasteiger charge is 2.41. The lowest BCUT2D eigenvalue weighted by Crippen LogP contribution is -2.46. The van der Waals surface area contributed by atoms with Crippen molar-refractivity contribution in [2.45, 2.75) is 31.7 Å². The van der Waals surface area contributed by atoms with Crippen LogP contribution in [0.1, 0.15) is 35.3 Å². The van der Waals surface area contributed by atoms with Crippen molar-refractivity contribution in [3.05, 3.63) is 27.2 Å². The summed E-state index contributed by atoms with van der Waals surface area (Å²) in [4.78, 5) is 17.0. The minimum atomic E-state index is -0.218. The Morgan fingerprint density at radius 3 is 2.95 bits per heavy atom. The van der Waals surface area contributed by atoms with Crippen molar-refractivity contribution in [2.75, 3.05) is 6.54 Å². The maximum Gasteiger partial charge on any atom is 0.295 e. The van der Waals surface area contributed by atoms with Crippen molar-refractivity contribution < 1.29 is 4.79 Å². The molecule has 0 bridgehead atoms. The lowest BCUT2D eigenvalue weighted by Gasteiger charge is -2.34. The molecule has 0 aliphatic carbocycles. The summed E-state index contributed by atoms with van der Waals surface area (Å²) in [5, 5.41) is 11.6. The van der Waals surface area contributed by atoms with Gasteiger partial charge in [-0.05, 0) is 37.1 Å². The fraction of sp³-hybridized carbons (Fsp3) is 0.538. The standard InChI is InChI=1S/C13H16ClN5OS/c1-13(8-9-4-5-10(14)21-9)6-3-7-19(13)12(20)11-15-17-18(2)16-11/h4-5H,3,6-8H2,1-2H3. The zero-order valence-electron chi connectivity index (χ0n) is 11.9. The molecular formula is C13H16ClN5OS. The number of carbonyl (C=O) groups is 1. The van der Waals surface area contributed by atoms with Gasteiger partial charge in [0, 0.05) is 23.4 Å². The maximum absolute atomic E-state index is 12.6. The van der Waals surface area contributed by atoms with Gasteiger partial charge in [-0.3, -0.25) is 4.79 Å². The molecule has 1 aliphatic rings. The molecule has 1 unspecified atom stereocenters. The van der Waals surface area contributed by atoms with E-state index >= 15 is 0 Å². The zero-order valence-corrected chi connectivity index (χ0v) is 13.5. The summed E-state index contributed by atoms with van der Waals surface area (Å²) < 4.78 is 0.778. The molecule has 0 saturated carbocycles. The summed E-state index contributed by atoms with van der Waals surface area (Å²) in [5.41, 5.74) is -0.218. The first kappa shape index (κ1) is 14.5. The highest BCUT2D eigenvalue weighted by Crippen LogP contribution is 2.35. The fourth-order valence-electron chi connectivity index (χ4n) is 2.87. The van der Waals surface area contributed by atoms with Crippen LogP contribution in [0.2, 0.25) is 4.34 Å². The summed E-state index contributed by atoms with van der Waals surface area (Å²) in [6, 6.07) is 3.93. The summed E-state index contributed by atoms with van der Waals surface area (Å²) in [6.07, 6.45) is 2.76. The molecule has 1 fully saturated rings. The first-order chi connectivity index (χ1) is 9.98. The van der Waals surface area contributed by atoms with Crippen molar-refractivity contribution >= 4 is 28.8 Å². The lowest BCUT2D eigenvalue weighted by atomic mass is 9.93. The number of aromatic nitrogens is 4. The first-order valence-electron chi connectivity index (χ1n) is 6.78. The maximum atomic E-state index is 12.6. The van der Waals surface area contributed by atoms with E-state index in [1.165, 1.54) is 9.67 Å². The molecule has 2 aromatic heterocycles. The Morgan fingerprint density at radius 1 is 1.52 bits per heavy atom. The van der Waals surface area contributed by atoms with Crippen LogP contribution in [0, 0.1) is 0 Å². The largest absolute Gasteiger partial charge is 0.330 e. The second-order valence-electron chi connectivity index (χ2n) is 5.54. The molecule has 0 N–H and O–H groups in total. The summed E-state index contributed by atoms with van der Waals surface area (Å²) in [7, 11) is 1.65. The van der Waals surface area contributed by atoms with Crippen LogP contribution in [0.5, 0.6) is 0 Å². The molecule has 1 aliphatic heterocycles.